The zero-order chi connectivity index (χ0) is 7.56. The van der Waals surface area contributed by atoms with Crippen LogP contribution in [0.3, 0.4) is 0 Å². The van der Waals surface area contributed by atoms with Gasteiger partial charge in [0.1, 0.15) is 6.07 Å². The number of aryl methyl sites for hydroxylation is 1. The summed E-state index contributed by atoms with van der Waals surface area (Å²) in [6.45, 7) is 1.87. The first-order valence-corrected chi connectivity index (χ1v) is 3.51. The molecule has 0 aliphatic heterocycles. The van der Waals surface area contributed by atoms with Gasteiger partial charge in [0.15, 0.2) is 5.01 Å². The van der Waals surface area contributed by atoms with E-state index in [2.05, 4.69) is 4.98 Å². The van der Waals surface area contributed by atoms with Crippen molar-refractivity contribution in [3.8, 4) is 11.9 Å². The van der Waals surface area contributed by atoms with E-state index in [-0.39, 0.29) is 0 Å². The van der Waals surface area contributed by atoms with Crippen molar-refractivity contribution in [2.75, 3.05) is 7.11 Å². The molecule has 1 heterocycles. The molecule has 0 spiro atoms. The fourth-order valence-corrected chi connectivity index (χ4v) is 1.30. The SMILES string of the molecule is COc1nc(C#N)sc1C. The lowest BCUT2D eigenvalue weighted by Crippen LogP contribution is -1.83. The molecule has 1 aromatic heterocycles. The van der Waals surface area contributed by atoms with E-state index in [0.29, 0.717) is 10.9 Å². The lowest BCUT2D eigenvalue weighted by Gasteiger charge is -1.90. The summed E-state index contributed by atoms with van der Waals surface area (Å²) >= 11 is 1.34. The molecular weight excluding hydrogens is 148 g/mol. The lowest BCUT2D eigenvalue weighted by molar-refractivity contribution is 0.398. The topological polar surface area (TPSA) is 45.9 Å². The molecule has 0 atom stereocenters. The summed E-state index contributed by atoms with van der Waals surface area (Å²) in [4.78, 5) is 4.83. The van der Waals surface area contributed by atoms with Crippen molar-refractivity contribution in [1.29, 1.82) is 5.26 Å². The van der Waals surface area contributed by atoms with Crippen molar-refractivity contribution in [3.63, 3.8) is 0 Å². The largest absolute Gasteiger partial charge is 0.480 e. The van der Waals surface area contributed by atoms with Gasteiger partial charge in [-0.3, -0.25) is 0 Å². The van der Waals surface area contributed by atoms with Gasteiger partial charge in [-0.15, -0.1) is 11.3 Å². The van der Waals surface area contributed by atoms with Gasteiger partial charge in [-0.1, -0.05) is 0 Å². The van der Waals surface area contributed by atoms with Crippen LogP contribution in [0.5, 0.6) is 5.88 Å². The molecule has 10 heavy (non-hydrogen) atoms. The summed E-state index contributed by atoms with van der Waals surface area (Å²) in [5, 5.41) is 8.87. The molecule has 1 aromatic rings. The van der Waals surface area contributed by atoms with Crippen molar-refractivity contribution < 1.29 is 4.74 Å². The minimum atomic E-state index is 0.453. The van der Waals surface area contributed by atoms with Gasteiger partial charge in [0.05, 0.1) is 12.0 Å². The number of rotatable bonds is 1. The second-order valence-corrected chi connectivity index (χ2v) is 2.90. The highest BCUT2D eigenvalue weighted by Gasteiger charge is 2.05. The normalized spacial score (nSPS) is 8.90. The van der Waals surface area contributed by atoms with Crippen LogP contribution in [-0.4, -0.2) is 12.1 Å². The number of thiazole rings is 1. The van der Waals surface area contributed by atoms with E-state index < -0.39 is 0 Å². The third-order valence-corrected chi connectivity index (χ3v) is 1.90. The molecule has 0 aromatic carbocycles. The Morgan fingerprint density at radius 3 is 2.70 bits per heavy atom. The Kier molecular flexibility index (Phi) is 1.88. The second kappa shape index (κ2) is 2.67. The quantitative estimate of drug-likeness (QED) is 0.613. The molecule has 0 saturated carbocycles. The fraction of sp³-hybridized carbons (Fsp3) is 0.333. The van der Waals surface area contributed by atoms with Gasteiger partial charge in [0.25, 0.3) is 0 Å². The standard InChI is InChI=1S/C6H6N2OS/c1-4-6(9-2)8-5(3-7)10-4/h1-2H3. The van der Waals surface area contributed by atoms with Crippen LogP contribution in [0.25, 0.3) is 0 Å². The Bertz CT molecular complexity index is 274. The van der Waals surface area contributed by atoms with Crippen LogP contribution in [0, 0.1) is 18.3 Å². The first kappa shape index (κ1) is 7.03. The molecule has 3 nitrogen and oxygen atoms in total. The molecule has 0 unspecified atom stereocenters. The van der Waals surface area contributed by atoms with Gasteiger partial charge in [0.2, 0.25) is 5.88 Å². The number of nitrogens with zero attached hydrogens (tertiary/aromatic N) is 2. The summed E-state index contributed by atoms with van der Waals surface area (Å²) in [5.74, 6) is 0.557. The maximum atomic E-state index is 8.41. The number of methoxy groups -OCH3 is 1. The van der Waals surface area contributed by atoms with Gasteiger partial charge >= 0.3 is 0 Å². The summed E-state index contributed by atoms with van der Waals surface area (Å²) < 4.78 is 4.88. The monoisotopic (exact) mass is 154 g/mol. The third kappa shape index (κ3) is 1.09. The van der Waals surface area contributed by atoms with E-state index in [4.69, 9.17) is 10.00 Å². The smallest absolute Gasteiger partial charge is 0.228 e. The molecule has 0 amide bonds. The summed E-state index contributed by atoms with van der Waals surface area (Å²) in [6, 6.07) is 1.95. The highest BCUT2D eigenvalue weighted by atomic mass is 32.1. The zero-order valence-electron chi connectivity index (χ0n) is 5.71. The molecule has 0 radical (unpaired) electrons. The Hall–Kier alpha value is -1.08. The molecule has 0 N–H and O–H groups in total. The average Bonchev–Trinajstić information content (AvgIpc) is 2.30. The van der Waals surface area contributed by atoms with Crippen LogP contribution < -0.4 is 4.74 Å². The number of aromatic nitrogens is 1. The summed E-state index contributed by atoms with van der Waals surface area (Å²) in [7, 11) is 1.54. The fourth-order valence-electron chi connectivity index (χ4n) is 0.620. The van der Waals surface area contributed by atoms with Crippen molar-refractivity contribution in [2.24, 2.45) is 0 Å². The van der Waals surface area contributed by atoms with E-state index in [1.807, 2.05) is 13.0 Å². The van der Waals surface area contributed by atoms with Crippen molar-refractivity contribution in [1.82, 2.24) is 4.98 Å². The van der Waals surface area contributed by atoms with Crippen molar-refractivity contribution in [3.05, 3.63) is 9.88 Å². The van der Waals surface area contributed by atoms with Gasteiger partial charge in [0, 0.05) is 0 Å². The van der Waals surface area contributed by atoms with E-state index in [1.54, 1.807) is 7.11 Å². The van der Waals surface area contributed by atoms with Crippen molar-refractivity contribution in [2.45, 2.75) is 6.92 Å². The predicted octanol–water partition coefficient (Wildman–Crippen LogP) is 1.33. The molecule has 0 fully saturated rings. The van der Waals surface area contributed by atoms with Crippen LogP contribution in [0.1, 0.15) is 9.88 Å². The number of hydrogen-bond acceptors (Lipinski definition) is 4. The summed E-state index contributed by atoms with van der Waals surface area (Å²) in [6.07, 6.45) is 0. The van der Waals surface area contributed by atoms with Gasteiger partial charge in [-0.2, -0.15) is 10.2 Å². The first-order valence-electron chi connectivity index (χ1n) is 2.69. The average molecular weight is 154 g/mol. The molecule has 0 saturated heterocycles. The second-order valence-electron chi connectivity index (χ2n) is 1.70. The highest BCUT2D eigenvalue weighted by molar-refractivity contribution is 7.12. The Morgan fingerprint density at radius 1 is 1.70 bits per heavy atom. The Morgan fingerprint density at radius 2 is 2.40 bits per heavy atom. The lowest BCUT2D eigenvalue weighted by atomic mass is 10.6. The van der Waals surface area contributed by atoms with E-state index in [9.17, 15) is 0 Å². The van der Waals surface area contributed by atoms with Gasteiger partial charge in [-0.05, 0) is 6.92 Å². The molecule has 0 aliphatic rings. The molecule has 52 valence electrons. The maximum Gasteiger partial charge on any atom is 0.228 e. The van der Waals surface area contributed by atoms with Crippen LogP contribution in [0.2, 0.25) is 0 Å². The minimum Gasteiger partial charge on any atom is -0.480 e. The van der Waals surface area contributed by atoms with Crippen LogP contribution >= 0.6 is 11.3 Å². The number of hydrogen-bond donors (Lipinski definition) is 0. The zero-order valence-corrected chi connectivity index (χ0v) is 6.53. The Labute approximate surface area is 62.9 Å². The molecule has 0 aliphatic carbocycles. The third-order valence-electron chi connectivity index (χ3n) is 1.04. The van der Waals surface area contributed by atoms with Crippen LogP contribution in [0.4, 0.5) is 0 Å². The predicted molar refractivity (Wildman–Crippen MR) is 38.1 cm³/mol. The van der Waals surface area contributed by atoms with Crippen molar-refractivity contribution >= 4 is 11.3 Å². The van der Waals surface area contributed by atoms with E-state index in [1.165, 1.54) is 11.3 Å². The number of nitriles is 1. The molecule has 0 bridgehead atoms. The molecule has 1 rings (SSSR count). The molecule has 4 heteroatoms. The van der Waals surface area contributed by atoms with Crippen LogP contribution in [0.15, 0.2) is 0 Å². The Balaban J connectivity index is 3.07. The first-order chi connectivity index (χ1) is 4.77. The van der Waals surface area contributed by atoms with Gasteiger partial charge < -0.3 is 4.74 Å². The van der Waals surface area contributed by atoms with Crippen LogP contribution in [-0.2, 0) is 0 Å². The molecular formula is C6H6N2OS. The maximum absolute atomic E-state index is 8.41. The number of ether oxygens (including phenoxy) is 1. The highest BCUT2D eigenvalue weighted by Crippen LogP contribution is 2.22. The van der Waals surface area contributed by atoms with E-state index >= 15 is 0 Å². The summed E-state index contributed by atoms with van der Waals surface area (Å²) in [5.41, 5.74) is 0. The minimum absolute atomic E-state index is 0.453. The van der Waals surface area contributed by atoms with Gasteiger partial charge in [-0.25, -0.2) is 0 Å². The van der Waals surface area contributed by atoms with E-state index in [0.717, 1.165) is 4.88 Å².